The fourth-order valence-corrected chi connectivity index (χ4v) is 3.70. The monoisotopic (exact) mass is 391 g/mol. The highest BCUT2D eigenvalue weighted by Crippen LogP contribution is 2.35. The maximum absolute atomic E-state index is 12.0. The standard InChI is InChI=1S/C18H25N5O3S/c1-3-11(2)20-18(25)26-13-5-4-12(6-13)15-8-16(23-22-15)21-17(24)7-14-9-19-10-27-14/h8-13H,3-7H2,1-2H3,(H,20,25)(H2,21,22,23,24)/t11-,12-,13+/m0/s1. The van der Waals surface area contributed by atoms with E-state index in [4.69, 9.17) is 4.74 Å². The number of nitrogens with one attached hydrogen (secondary N) is 3. The molecule has 0 radical (unpaired) electrons. The number of alkyl carbamates (subject to hydrolysis) is 1. The molecule has 9 heteroatoms. The van der Waals surface area contributed by atoms with E-state index >= 15 is 0 Å². The third-order valence-corrected chi connectivity index (χ3v) is 5.54. The molecule has 146 valence electrons. The molecule has 2 amide bonds. The van der Waals surface area contributed by atoms with Crippen molar-refractivity contribution in [2.75, 3.05) is 5.32 Å². The molecule has 0 aliphatic heterocycles. The number of H-pyrrole nitrogens is 1. The predicted octanol–water partition coefficient (Wildman–Crippen LogP) is 3.21. The number of thiazole rings is 1. The summed E-state index contributed by atoms with van der Waals surface area (Å²) in [6, 6.07) is 1.97. The number of aromatic amines is 1. The van der Waals surface area contributed by atoms with E-state index < -0.39 is 0 Å². The van der Waals surface area contributed by atoms with E-state index in [1.807, 2.05) is 19.9 Å². The molecule has 2 heterocycles. The van der Waals surface area contributed by atoms with Crippen LogP contribution in [0.1, 0.15) is 56.0 Å². The van der Waals surface area contributed by atoms with Gasteiger partial charge in [-0.3, -0.25) is 14.9 Å². The molecule has 3 rings (SSSR count). The first-order valence-corrected chi connectivity index (χ1v) is 10.1. The number of rotatable bonds is 7. The Kier molecular flexibility index (Phi) is 6.44. The lowest BCUT2D eigenvalue weighted by Crippen LogP contribution is -2.34. The largest absolute Gasteiger partial charge is 0.446 e. The Morgan fingerprint density at radius 3 is 3.04 bits per heavy atom. The van der Waals surface area contributed by atoms with Crippen LogP contribution < -0.4 is 10.6 Å². The molecule has 3 N–H and O–H groups in total. The SMILES string of the molecule is CC[C@H](C)NC(=O)O[C@@H]1CC[C@H](c2cc(NC(=O)Cc3cncs3)n[nH]2)C1. The van der Waals surface area contributed by atoms with E-state index in [1.54, 1.807) is 11.7 Å². The van der Waals surface area contributed by atoms with Crippen molar-refractivity contribution in [2.45, 2.75) is 64.0 Å². The van der Waals surface area contributed by atoms with Crippen LogP contribution in [0.2, 0.25) is 0 Å². The number of ether oxygens (including phenoxy) is 1. The zero-order valence-corrected chi connectivity index (χ0v) is 16.3. The lowest BCUT2D eigenvalue weighted by molar-refractivity contribution is -0.115. The molecule has 1 fully saturated rings. The zero-order chi connectivity index (χ0) is 19.2. The number of carbonyl (C=O) groups is 2. The molecule has 0 bridgehead atoms. The molecule has 0 spiro atoms. The highest BCUT2D eigenvalue weighted by molar-refractivity contribution is 7.09. The summed E-state index contributed by atoms with van der Waals surface area (Å²) in [7, 11) is 0. The fourth-order valence-electron chi connectivity index (χ4n) is 3.10. The van der Waals surface area contributed by atoms with Crippen molar-refractivity contribution < 1.29 is 14.3 Å². The van der Waals surface area contributed by atoms with Gasteiger partial charge in [-0.2, -0.15) is 5.10 Å². The first-order chi connectivity index (χ1) is 13.0. The number of nitrogens with zero attached hydrogens (tertiary/aromatic N) is 2. The van der Waals surface area contributed by atoms with E-state index in [-0.39, 0.29) is 36.5 Å². The van der Waals surface area contributed by atoms with E-state index in [0.717, 1.165) is 36.3 Å². The fraction of sp³-hybridized carbons (Fsp3) is 0.556. The van der Waals surface area contributed by atoms with Gasteiger partial charge in [0.25, 0.3) is 0 Å². The van der Waals surface area contributed by atoms with Crippen LogP contribution in [0.5, 0.6) is 0 Å². The summed E-state index contributed by atoms with van der Waals surface area (Å²) in [6.45, 7) is 3.97. The topological polar surface area (TPSA) is 109 Å². The summed E-state index contributed by atoms with van der Waals surface area (Å²) in [5, 5.41) is 12.8. The van der Waals surface area contributed by atoms with E-state index in [9.17, 15) is 9.59 Å². The van der Waals surface area contributed by atoms with Gasteiger partial charge < -0.3 is 15.4 Å². The maximum Gasteiger partial charge on any atom is 0.407 e. The number of aromatic nitrogens is 3. The molecule has 1 aliphatic carbocycles. The van der Waals surface area contributed by atoms with Crippen molar-refractivity contribution in [2.24, 2.45) is 0 Å². The maximum atomic E-state index is 12.0. The molecule has 27 heavy (non-hydrogen) atoms. The molecule has 0 saturated heterocycles. The first kappa shape index (κ1) is 19.3. The second kappa shape index (κ2) is 8.98. The highest BCUT2D eigenvalue weighted by atomic mass is 32.1. The third-order valence-electron chi connectivity index (χ3n) is 4.76. The Balaban J connectivity index is 1.47. The quantitative estimate of drug-likeness (QED) is 0.671. The van der Waals surface area contributed by atoms with Crippen LogP contribution in [0.3, 0.4) is 0 Å². The third kappa shape index (κ3) is 5.53. The van der Waals surface area contributed by atoms with Gasteiger partial charge >= 0.3 is 6.09 Å². The minimum absolute atomic E-state index is 0.0910. The van der Waals surface area contributed by atoms with Gasteiger partial charge in [-0.25, -0.2) is 4.79 Å². The van der Waals surface area contributed by atoms with Crippen LogP contribution >= 0.6 is 11.3 Å². The minimum atomic E-state index is -0.351. The Hall–Kier alpha value is -2.42. The smallest absolute Gasteiger partial charge is 0.407 e. The van der Waals surface area contributed by atoms with Crippen LogP contribution in [0.15, 0.2) is 17.8 Å². The van der Waals surface area contributed by atoms with Crippen molar-refractivity contribution in [1.82, 2.24) is 20.5 Å². The second-order valence-corrected chi connectivity index (χ2v) is 7.86. The predicted molar refractivity (Wildman–Crippen MR) is 103 cm³/mol. The summed E-state index contributed by atoms with van der Waals surface area (Å²) in [6.07, 6.45) is 4.90. The van der Waals surface area contributed by atoms with Gasteiger partial charge in [-0.05, 0) is 32.6 Å². The Morgan fingerprint density at radius 1 is 1.44 bits per heavy atom. The van der Waals surface area contributed by atoms with Crippen LogP contribution in [0.4, 0.5) is 10.6 Å². The van der Waals surface area contributed by atoms with Gasteiger partial charge in [0, 0.05) is 34.8 Å². The molecular formula is C18H25N5O3S. The molecule has 1 aliphatic rings. The van der Waals surface area contributed by atoms with Crippen molar-refractivity contribution in [3.63, 3.8) is 0 Å². The Morgan fingerprint density at radius 2 is 2.30 bits per heavy atom. The molecule has 0 aromatic carbocycles. The Labute approximate surface area is 162 Å². The van der Waals surface area contributed by atoms with Crippen LogP contribution in [0, 0.1) is 0 Å². The number of anilines is 1. The number of carbonyl (C=O) groups excluding carboxylic acids is 2. The number of hydrogen-bond acceptors (Lipinski definition) is 6. The molecule has 0 unspecified atom stereocenters. The van der Waals surface area contributed by atoms with Crippen molar-refractivity contribution >= 4 is 29.2 Å². The van der Waals surface area contributed by atoms with Gasteiger partial charge in [0.15, 0.2) is 5.82 Å². The van der Waals surface area contributed by atoms with Gasteiger partial charge in [-0.1, -0.05) is 6.92 Å². The normalized spacial score (nSPS) is 20.2. The molecule has 1 saturated carbocycles. The van der Waals surface area contributed by atoms with Crippen LogP contribution in [-0.4, -0.2) is 39.3 Å². The van der Waals surface area contributed by atoms with Gasteiger partial charge in [0.2, 0.25) is 5.91 Å². The molecule has 8 nitrogen and oxygen atoms in total. The average molecular weight is 391 g/mol. The summed E-state index contributed by atoms with van der Waals surface area (Å²) >= 11 is 1.45. The molecular weight excluding hydrogens is 366 g/mol. The summed E-state index contributed by atoms with van der Waals surface area (Å²) in [5.74, 6) is 0.635. The zero-order valence-electron chi connectivity index (χ0n) is 15.5. The summed E-state index contributed by atoms with van der Waals surface area (Å²) in [5.41, 5.74) is 2.66. The van der Waals surface area contributed by atoms with Crippen molar-refractivity contribution in [1.29, 1.82) is 0 Å². The Bertz CT molecular complexity index is 761. The molecule has 2 aromatic heterocycles. The lowest BCUT2D eigenvalue weighted by atomic mass is 10.0. The van der Waals surface area contributed by atoms with Crippen LogP contribution in [0.25, 0.3) is 0 Å². The number of hydrogen-bond donors (Lipinski definition) is 3. The van der Waals surface area contributed by atoms with Crippen LogP contribution in [-0.2, 0) is 16.0 Å². The van der Waals surface area contributed by atoms with Gasteiger partial charge in [0.1, 0.15) is 6.10 Å². The van der Waals surface area contributed by atoms with Crippen molar-refractivity contribution in [3.8, 4) is 0 Å². The van der Waals surface area contributed by atoms with E-state index in [2.05, 4.69) is 25.8 Å². The lowest BCUT2D eigenvalue weighted by Gasteiger charge is -2.16. The summed E-state index contributed by atoms with van der Waals surface area (Å²) in [4.78, 5) is 28.8. The highest BCUT2D eigenvalue weighted by Gasteiger charge is 2.30. The van der Waals surface area contributed by atoms with E-state index in [1.165, 1.54) is 11.3 Å². The van der Waals surface area contributed by atoms with Gasteiger partial charge in [-0.15, -0.1) is 11.3 Å². The number of amides is 2. The molecule has 2 aromatic rings. The van der Waals surface area contributed by atoms with Gasteiger partial charge in [0.05, 0.1) is 11.9 Å². The molecule has 3 atom stereocenters. The second-order valence-electron chi connectivity index (χ2n) is 6.89. The summed E-state index contributed by atoms with van der Waals surface area (Å²) < 4.78 is 5.51. The first-order valence-electron chi connectivity index (χ1n) is 9.23. The minimum Gasteiger partial charge on any atom is -0.446 e. The van der Waals surface area contributed by atoms with Crippen molar-refractivity contribution in [3.05, 3.63) is 28.3 Å². The average Bonchev–Trinajstić information content (AvgIpc) is 3.36. The van der Waals surface area contributed by atoms with E-state index in [0.29, 0.717) is 5.82 Å².